The van der Waals surface area contributed by atoms with Crippen molar-refractivity contribution in [2.75, 3.05) is 40.1 Å². The largest absolute Gasteiger partial charge is 0.493 e. The molecule has 8 heteroatoms. The molecule has 0 aliphatic heterocycles. The normalized spacial score (nSPS) is 11.9. The third-order valence-corrected chi connectivity index (χ3v) is 6.18. The van der Waals surface area contributed by atoms with Crippen LogP contribution in [0.3, 0.4) is 0 Å². The number of ether oxygens (including phenoxy) is 6. The van der Waals surface area contributed by atoms with Crippen LogP contribution in [-0.2, 0) is 35.0 Å². The molecule has 0 saturated heterocycles. The molecule has 0 spiro atoms. The van der Waals surface area contributed by atoms with E-state index in [-0.39, 0.29) is 13.2 Å². The molecule has 0 aliphatic carbocycles. The first-order chi connectivity index (χ1) is 19.0. The van der Waals surface area contributed by atoms with Crippen LogP contribution in [0.25, 0.3) is 0 Å². The Bertz CT molecular complexity index is 954. The van der Waals surface area contributed by atoms with Crippen LogP contribution in [0.5, 0.6) is 11.5 Å². The Labute approximate surface area is 232 Å². The molecule has 0 radical (unpaired) electrons. The second kappa shape index (κ2) is 18.2. The van der Waals surface area contributed by atoms with Gasteiger partial charge in [0.1, 0.15) is 0 Å². The van der Waals surface area contributed by atoms with Gasteiger partial charge in [-0.3, -0.25) is 9.59 Å². The summed E-state index contributed by atoms with van der Waals surface area (Å²) in [5.41, 5.74) is 1.95. The number of benzene rings is 2. The van der Waals surface area contributed by atoms with Gasteiger partial charge in [0.25, 0.3) is 0 Å². The Morgan fingerprint density at radius 1 is 0.744 bits per heavy atom. The van der Waals surface area contributed by atoms with E-state index in [0.717, 1.165) is 25.7 Å². The summed E-state index contributed by atoms with van der Waals surface area (Å²) in [4.78, 5) is 26.2. The van der Waals surface area contributed by atoms with Crippen molar-refractivity contribution in [1.29, 1.82) is 0 Å². The first-order valence-electron chi connectivity index (χ1n) is 13.9. The monoisotopic (exact) mass is 544 g/mol. The number of methoxy groups -OCH3 is 1. The number of carbonyl (C=O) groups excluding carboxylic acids is 2. The number of rotatable bonds is 19. The van der Waals surface area contributed by atoms with Gasteiger partial charge in [0, 0.05) is 13.2 Å². The molecule has 0 aromatic heterocycles. The molecule has 0 fully saturated rings. The van der Waals surface area contributed by atoms with Gasteiger partial charge in [-0.05, 0) is 76.6 Å². The third kappa shape index (κ3) is 10.2. The fourth-order valence-corrected chi connectivity index (χ4v) is 4.39. The van der Waals surface area contributed by atoms with E-state index in [1.807, 2.05) is 19.9 Å². The highest BCUT2D eigenvalue weighted by Gasteiger charge is 2.44. The van der Waals surface area contributed by atoms with Gasteiger partial charge in [-0.25, -0.2) is 0 Å². The minimum absolute atomic E-state index is 0.122. The molecule has 0 aliphatic rings. The summed E-state index contributed by atoms with van der Waals surface area (Å²) in [7, 11) is 1.57. The van der Waals surface area contributed by atoms with Gasteiger partial charge in [0.15, 0.2) is 23.7 Å². The average Bonchev–Trinajstić information content (AvgIpc) is 2.94. The Morgan fingerprint density at radius 3 is 1.95 bits per heavy atom. The summed E-state index contributed by atoms with van der Waals surface area (Å²) < 4.78 is 34.0. The molecule has 0 saturated carbocycles. The molecule has 1 atom stereocenters. The van der Waals surface area contributed by atoms with Gasteiger partial charge in [-0.1, -0.05) is 36.4 Å². The van der Waals surface area contributed by atoms with Crippen molar-refractivity contribution in [3.05, 3.63) is 59.7 Å². The van der Waals surface area contributed by atoms with E-state index in [1.54, 1.807) is 39.2 Å². The smallest absolute Gasteiger partial charge is 0.321 e. The second-order valence-electron chi connectivity index (χ2n) is 8.84. The SMILES string of the molecule is CCOC(=O)C(C(=O)OCC)C(c1ccc(OC)c(OCCCCCc2ccccc2)c1)C(OCC)OCC. The molecule has 1 unspecified atom stereocenters. The van der Waals surface area contributed by atoms with Crippen molar-refractivity contribution in [2.45, 2.75) is 65.6 Å². The Kier molecular flexibility index (Phi) is 15.0. The summed E-state index contributed by atoms with van der Waals surface area (Å²) in [6.07, 6.45) is 3.10. The number of hydrogen-bond acceptors (Lipinski definition) is 8. The van der Waals surface area contributed by atoms with E-state index >= 15 is 0 Å². The Hall–Kier alpha value is -3.10. The Balaban J connectivity index is 2.28. The van der Waals surface area contributed by atoms with Gasteiger partial charge in [-0.15, -0.1) is 0 Å². The molecule has 0 heterocycles. The third-order valence-electron chi connectivity index (χ3n) is 6.18. The standard InChI is InChI=1S/C31H44O8/c1-6-35-29(32)28(30(33)36-7-2)27(31(37-8-3)38-9-4)24-19-20-25(34-5)26(22-24)39-21-15-11-14-18-23-16-12-10-13-17-23/h10,12-13,16-17,19-20,22,27-28,31H,6-9,11,14-15,18,21H2,1-5H3. The molecule has 0 bridgehead atoms. The van der Waals surface area contributed by atoms with Gasteiger partial charge < -0.3 is 28.4 Å². The molecule has 0 N–H and O–H groups in total. The quantitative estimate of drug-likeness (QED) is 0.0961. The number of hydrogen-bond donors (Lipinski definition) is 0. The molecule has 216 valence electrons. The summed E-state index contributed by atoms with van der Waals surface area (Å²) in [5, 5.41) is 0. The maximum absolute atomic E-state index is 13.1. The fourth-order valence-electron chi connectivity index (χ4n) is 4.39. The highest BCUT2D eigenvalue weighted by atomic mass is 16.7. The zero-order chi connectivity index (χ0) is 28.5. The Morgan fingerprint density at radius 2 is 1.38 bits per heavy atom. The summed E-state index contributed by atoms with van der Waals surface area (Å²) >= 11 is 0. The molecule has 2 aromatic carbocycles. The van der Waals surface area contributed by atoms with E-state index < -0.39 is 30.1 Å². The zero-order valence-electron chi connectivity index (χ0n) is 24.0. The van der Waals surface area contributed by atoms with Crippen LogP contribution in [0.1, 0.15) is 64.0 Å². The summed E-state index contributed by atoms with van der Waals surface area (Å²) in [6.45, 7) is 8.42. The highest BCUT2D eigenvalue weighted by molar-refractivity contribution is 5.96. The van der Waals surface area contributed by atoms with E-state index in [0.29, 0.717) is 36.9 Å². The van der Waals surface area contributed by atoms with Crippen LogP contribution < -0.4 is 9.47 Å². The lowest BCUT2D eigenvalue weighted by atomic mass is 9.84. The van der Waals surface area contributed by atoms with Crippen LogP contribution in [0.2, 0.25) is 0 Å². The van der Waals surface area contributed by atoms with Crippen LogP contribution in [-0.4, -0.2) is 58.4 Å². The molecular formula is C31H44O8. The molecule has 0 amide bonds. The highest BCUT2D eigenvalue weighted by Crippen LogP contribution is 2.38. The van der Waals surface area contributed by atoms with E-state index in [1.165, 1.54) is 5.56 Å². The number of aryl methyl sites for hydroxylation is 1. The van der Waals surface area contributed by atoms with Gasteiger partial charge in [0.05, 0.1) is 32.8 Å². The molecule has 8 nitrogen and oxygen atoms in total. The number of unbranched alkanes of at least 4 members (excludes halogenated alkanes) is 2. The lowest BCUT2D eigenvalue weighted by Gasteiger charge is -2.31. The first kappa shape index (κ1) is 32.1. The average molecular weight is 545 g/mol. The number of carbonyl (C=O) groups is 2. The maximum Gasteiger partial charge on any atom is 0.321 e. The predicted molar refractivity (Wildman–Crippen MR) is 149 cm³/mol. The van der Waals surface area contributed by atoms with Crippen LogP contribution in [0, 0.1) is 5.92 Å². The van der Waals surface area contributed by atoms with Crippen molar-refractivity contribution in [3.8, 4) is 11.5 Å². The van der Waals surface area contributed by atoms with Crippen molar-refractivity contribution in [1.82, 2.24) is 0 Å². The zero-order valence-corrected chi connectivity index (χ0v) is 24.0. The summed E-state index contributed by atoms with van der Waals surface area (Å²) in [6, 6.07) is 15.7. The van der Waals surface area contributed by atoms with E-state index in [2.05, 4.69) is 24.3 Å². The predicted octanol–water partition coefficient (Wildman–Crippen LogP) is 5.71. The van der Waals surface area contributed by atoms with Crippen molar-refractivity contribution in [3.63, 3.8) is 0 Å². The molecule has 2 aromatic rings. The van der Waals surface area contributed by atoms with Crippen LogP contribution >= 0.6 is 0 Å². The minimum atomic E-state index is -1.28. The van der Waals surface area contributed by atoms with Gasteiger partial charge in [0.2, 0.25) is 0 Å². The van der Waals surface area contributed by atoms with E-state index in [9.17, 15) is 9.59 Å². The maximum atomic E-state index is 13.1. The van der Waals surface area contributed by atoms with Crippen molar-refractivity contribution < 1.29 is 38.0 Å². The topological polar surface area (TPSA) is 89.5 Å². The second-order valence-corrected chi connectivity index (χ2v) is 8.84. The van der Waals surface area contributed by atoms with Crippen LogP contribution in [0.15, 0.2) is 48.5 Å². The van der Waals surface area contributed by atoms with Crippen LogP contribution in [0.4, 0.5) is 0 Å². The van der Waals surface area contributed by atoms with Crippen molar-refractivity contribution >= 4 is 11.9 Å². The van der Waals surface area contributed by atoms with Gasteiger partial charge >= 0.3 is 11.9 Å². The molecule has 39 heavy (non-hydrogen) atoms. The molecule has 2 rings (SSSR count). The molecular weight excluding hydrogens is 500 g/mol. The van der Waals surface area contributed by atoms with E-state index in [4.69, 9.17) is 28.4 Å². The first-order valence-corrected chi connectivity index (χ1v) is 13.9. The summed E-state index contributed by atoms with van der Waals surface area (Å²) in [5.74, 6) is -2.44. The number of esters is 2. The van der Waals surface area contributed by atoms with Gasteiger partial charge in [-0.2, -0.15) is 0 Å². The fraction of sp³-hybridized carbons (Fsp3) is 0.548. The lowest BCUT2D eigenvalue weighted by Crippen LogP contribution is -2.41. The lowest BCUT2D eigenvalue weighted by molar-refractivity contribution is -0.183. The van der Waals surface area contributed by atoms with Crippen molar-refractivity contribution in [2.24, 2.45) is 5.92 Å². The minimum Gasteiger partial charge on any atom is -0.493 e.